The molecule has 0 amide bonds. The Kier molecular flexibility index (Phi) is 4.77. The molecule has 0 aromatic heterocycles. The molecule has 0 heterocycles. The SMILES string of the molecule is CNN=Cc1ccc(Oc2ccc(C(C)C)cc2)cc1. The zero-order chi connectivity index (χ0) is 14.4. The van der Waals surface area contributed by atoms with Crippen LogP contribution in [0.15, 0.2) is 53.6 Å². The lowest BCUT2D eigenvalue weighted by molar-refractivity contribution is 0.482. The van der Waals surface area contributed by atoms with Crippen LogP contribution in [0, 0.1) is 0 Å². The van der Waals surface area contributed by atoms with E-state index in [1.807, 2.05) is 36.4 Å². The fraction of sp³-hybridized carbons (Fsp3) is 0.235. The Hall–Kier alpha value is -2.29. The second-order valence-electron chi connectivity index (χ2n) is 4.88. The Labute approximate surface area is 120 Å². The van der Waals surface area contributed by atoms with Gasteiger partial charge in [-0.2, -0.15) is 5.10 Å². The van der Waals surface area contributed by atoms with E-state index in [4.69, 9.17) is 4.74 Å². The third kappa shape index (κ3) is 3.85. The van der Waals surface area contributed by atoms with Crippen molar-refractivity contribution in [1.82, 2.24) is 5.43 Å². The molecule has 0 aliphatic rings. The Morgan fingerprint density at radius 2 is 1.50 bits per heavy atom. The van der Waals surface area contributed by atoms with Gasteiger partial charge in [0.1, 0.15) is 11.5 Å². The minimum atomic E-state index is 0.537. The smallest absolute Gasteiger partial charge is 0.127 e. The molecule has 2 rings (SSSR count). The van der Waals surface area contributed by atoms with Crippen molar-refractivity contribution in [2.45, 2.75) is 19.8 Å². The quantitative estimate of drug-likeness (QED) is 0.652. The lowest BCUT2D eigenvalue weighted by Crippen LogP contribution is -1.94. The van der Waals surface area contributed by atoms with Crippen molar-refractivity contribution in [2.75, 3.05) is 7.05 Å². The first kappa shape index (κ1) is 14.1. The summed E-state index contributed by atoms with van der Waals surface area (Å²) in [6, 6.07) is 16.0. The molecule has 0 fully saturated rings. The first-order chi connectivity index (χ1) is 9.69. The molecule has 0 atom stereocenters. The number of hydrogen-bond acceptors (Lipinski definition) is 3. The molecule has 1 N–H and O–H groups in total. The predicted octanol–water partition coefficient (Wildman–Crippen LogP) is 4.16. The van der Waals surface area contributed by atoms with Gasteiger partial charge in [-0.15, -0.1) is 0 Å². The van der Waals surface area contributed by atoms with Gasteiger partial charge >= 0.3 is 0 Å². The third-order valence-corrected chi connectivity index (χ3v) is 3.01. The number of hydrazone groups is 1. The number of nitrogens with one attached hydrogen (secondary N) is 1. The summed E-state index contributed by atoms with van der Waals surface area (Å²) in [5.74, 6) is 2.21. The molecular weight excluding hydrogens is 248 g/mol. The zero-order valence-corrected chi connectivity index (χ0v) is 12.1. The van der Waals surface area contributed by atoms with Gasteiger partial charge in [-0.25, -0.2) is 0 Å². The lowest BCUT2D eigenvalue weighted by Gasteiger charge is -2.08. The topological polar surface area (TPSA) is 33.6 Å². The van der Waals surface area contributed by atoms with Gasteiger partial charge in [0, 0.05) is 7.05 Å². The van der Waals surface area contributed by atoms with Gasteiger partial charge in [0.15, 0.2) is 0 Å². The van der Waals surface area contributed by atoms with E-state index in [1.165, 1.54) is 5.56 Å². The van der Waals surface area contributed by atoms with Crippen molar-refractivity contribution in [1.29, 1.82) is 0 Å². The average molecular weight is 268 g/mol. The maximum absolute atomic E-state index is 5.81. The van der Waals surface area contributed by atoms with Gasteiger partial charge < -0.3 is 10.2 Å². The highest BCUT2D eigenvalue weighted by molar-refractivity contribution is 5.79. The third-order valence-electron chi connectivity index (χ3n) is 3.01. The Morgan fingerprint density at radius 1 is 0.950 bits per heavy atom. The maximum Gasteiger partial charge on any atom is 0.127 e. The molecule has 0 saturated carbocycles. The van der Waals surface area contributed by atoms with Gasteiger partial charge in [-0.1, -0.05) is 26.0 Å². The van der Waals surface area contributed by atoms with Crippen molar-refractivity contribution >= 4 is 6.21 Å². The van der Waals surface area contributed by atoms with E-state index in [-0.39, 0.29) is 0 Å². The van der Waals surface area contributed by atoms with E-state index in [2.05, 4.69) is 36.5 Å². The van der Waals surface area contributed by atoms with Crippen LogP contribution in [-0.2, 0) is 0 Å². The van der Waals surface area contributed by atoms with Crippen molar-refractivity contribution in [3.05, 3.63) is 59.7 Å². The number of rotatable bonds is 5. The fourth-order valence-corrected chi connectivity index (χ4v) is 1.82. The summed E-state index contributed by atoms with van der Waals surface area (Å²) >= 11 is 0. The molecule has 0 spiro atoms. The summed E-state index contributed by atoms with van der Waals surface area (Å²) in [4.78, 5) is 0. The van der Waals surface area contributed by atoms with Crippen LogP contribution in [0.25, 0.3) is 0 Å². The summed E-state index contributed by atoms with van der Waals surface area (Å²) in [7, 11) is 1.77. The van der Waals surface area contributed by atoms with Crippen molar-refractivity contribution in [3.8, 4) is 11.5 Å². The van der Waals surface area contributed by atoms with Gasteiger partial charge in [-0.05, 0) is 53.4 Å². The summed E-state index contributed by atoms with van der Waals surface area (Å²) in [5.41, 5.74) is 5.07. The summed E-state index contributed by atoms with van der Waals surface area (Å²) < 4.78 is 5.81. The van der Waals surface area contributed by atoms with E-state index in [0.29, 0.717) is 5.92 Å². The molecule has 0 aliphatic carbocycles. The number of hydrogen-bond donors (Lipinski definition) is 1. The first-order valence-corrected chi connectivity index (χ1v) is 6.76. The minimum absolute atomic E-state index is 0.537. The molecule has 0 aliphatic heterocycles. The van der Waals surface area contributed by atoms with Crippen LogP contribution < -0.4 is 10.2 Å². The lowest BCUT2D eigenvalue weighted by atomic mass is 10.0. The molecule has 2 aromatic carbocycles. The highest BCUT2D eigenvalue weighted by Crippen LogP contribution is 2.24. The predicted molar refractivity (Wildman–Crippen MR) is 83.7 cm³/mol. The highest BCUT2D eigenvalue weighted by atomic mass is 16.5. The highest BCUT2D eigenvalue weighted by Gasteiger charge is 2.00. The van der Waals surface area contributed by atoms with E-state index in [9.17, 15) is 0 Å². The fourth-order valence-electron chi connectivity index (χ4n) is 1.82. The monoisotopic (exact) mass is 268 g/mol. The molecule has 104 valence electrons. The standard InChI is InChI=1S/C17H20N2O/c1-13(2)15-6-10-17(11-7-15)20-16-8-4-14(5-9-16)12-19-18-3/h4-13,18H,1-3H3. The average Bonchev–Trinajstić information content (AvgIpc) is 2.47. The van der Waals surface area contributed by atoms with E-state index in [1.54, 1.807) is 13.3 Å². The Morgan fingerprint density at radius 3 is 2.00 bits per heavy atom. The van der Waals surface area contributed by atoms with Crippen molar-refractivity contribution in [2.24, 2.45) is 5.10 Å². The van der Waals surface area contributed by atoms with Crippen LogP contribution in [0.5, 0.6) is 11.5 Å². The van der Waals surface area contributed by atoms with Crippen LogP contribution in [0.1, 0.15) is 30.9 Å². The second-order valence-corrected chi connectivity index (χ2v) is 4.88. The molecule has 2 aromatic rings. The van der Waals surface area contributed by atoms with Crippen LogP contribution in [0.2, 0.25) is 0 Å². The normalized spacial score (nSPS) is 11.0. The molecule has 0 saturated heterocycles. The number of nitrogens with zero attached hydrogens (tertiary/aromatic N) is 1. The number of ether oxygens (including phenoxy) is 1. The molecule has 3 heteroatoms. The van der Waals surface area contributed by atoms with Crippen LogP contribution in [0.4, 0.5) is 0 Å². The van der Waals surface area contributed by atoms with E-state index in [0.717, 1.165) is 17.1 Å². The molecular formula is C17H20N2O. The largest absolute Gasteiger partial charge is 0.457 e. The van der Waals surface area contributed by atoms with Crippen LogP contribution in [0.3, 0.4) is 0 Å². The zero-order valence-electron chi connectivity index (χ0n) is 12.1. The van der Waals surface area contributed by atoms with Gasteiger partial charge in [0.2, 0.25) is 0 Å². The Bertz CT molecular complexity index is 557. The molecule has 3 nitrogen and oxygen atoms in total. The first-order valence-electron chi connectivity index (χ1n) is 6.76. The molecule has 0 unspecified atom stereocenters. The molecule has 0 bridgehead atoms. The number of benzene rings is 2. The van der Waals surface area contributed by atoms with Crippen molar-refractivity contribution in [3.63, 3.8) is 0 Å². The van der Waals surface area contributed by atoms with Gasteiger partial charge in [-0.3, -0.25) is 0 Å². The molecule has 0 radical (unpaired) electrons. The van der Waals surface area contributed by atoms with Crippen molar-refractivity contribution < 1.29 is 4.74 Å². The van der Waals surface area contributed by atoms with E-state index < -0.39 is 0 Å². The van der Waals surface area contributed by atoms with Gasteiger partial charge in [0.05, 0.1) is 6.21 Å². The maximum atomic E-state index is 5.81. The summed E-state index contributed by atoms with van der Waals surface area (Å²) in [6.07, 6.45) is 1.77. The van der Waals surface area contributed by atoms with Crippen LogP contribution in [-0.4, -0.2) is 13.3 Å². The second kappa shape index (κ2) is 6.75. The van der Waals surface area contributed by atoms with E-state index >= 15 is 0 Å². The van der Waals surface area contributed by atoms with Crippen LogP contribution >= 0.6 is 0 Å². The summed E-state index contributed by atoms with van der Waals surface area (Å²) in [6.45, 7) is 4.36. The minimum Gasteiger partial charge on any atom is -0.457 e. The molecule has 20 heavy (non-hydrogen) atoms. The Balaban J connectivity index is 2.04. The van der Waals surface area contributed by atoms with Gasteiger partial charge in [0.25, 0.3) is 0 Å². The summed E-state index contributed by atoms with van der Waals surface area (Å²) in [5, 5.41) is 3.97.